The van der Waals surface area contributed by atoms with Crippen molar-refractivity contribution in [3.8, 4) is 5.75 Å². The summed E-state index contributed by atoms with van der Waals surface area (Å²) in [5.74, 6) is 2.11. The highest BCUT2D eigenvalue weighted by Crippen LogP contribution is 2.31. The predicted octanol–water partition coefficient (Wildman–Crippen LogP) is 2.34. The first-order chi connectivity index (χ1) is 13.0. The van der Waals surface area contributed by atoms with Crippen LogP contribution in [-0.4, -0.2) is 23.2 Å². The maximum atomic E-state index is 12.7. The van der Waals surface area contributed by atoms with E-state index in [0.717, 1.165) is 30.6 Å². The lowest BCUT2D eigenvalue weighted by molar-refractivity contribution is 0.289. The molecule has 2 aromatic heterocycles. The zero-order valence-electron chi connectivity index (χ0n) is 14.8. The number of sulfonamides is 1. The Hall–Kier alpha value is -2.65. The number of ether oxygens (including phenoxy) is 1. The van der Waals surface area contributed by atoms with Crippen molar-refractivity contribution in [2.45, 2.75) is 36.8 Å². The number of hydrogen-bond donors (Lipinski definition) is 1. The Morgan fingerprint density at radius 3 is 2.85 bits per heavy atom. The van der Waals surface area contributed by atoms with Crippen LogP contribution in [0.3, 0.4) is 0 Å². The standard InChI is InChI=1S/C18H20N4O4S/c1-22-18(19-12-20-22)11-26-13-5-7-14(8-6-13)27(23,24)21-16-3-2-4-17-15(16)9-10-25-17/h5-10,12,16,21H,2-4,11H2,1H3. The topological polar surface area (TPSA) is 99.2 Å². The van der Waals surface area contributed by atoms with Crippen LogP contribution >= 0.6 is 0 Å². The van der Waals surface area contributed by atoms with Gasteiger partial charge in [0.2, 0.25) is 10.0 Å². The van der Waals surface area contributed by atoms with Crippen LogP contribution in [0.4, 0.5) is 0 Å². The Kier molecular flexibility index (Phi) is 4.71. The summed E-state index contributed by atoms with van der Waals surface area (Å²) in [7, 11) is -1.85. The van der Waals surface area contributed by atoms with Gasteiger partial charge in [0.15, 0.2) is 5.82 Å². The second-order valence-corrected chi connectivity index (χ2v) is 8.14. The van der Waals surface area contributed by atoms with Gasteiger partial charge < -0.3 is 9.15 Å². The van der Waals surface area contributed by atoms with Gasteiger partial charge in [0.1, 0.15) is 24.4 Å². The van der Waals surface area contributed by atoms with Gasteiger partial charge in [-0.2, -0.15) is 5.10 Å². The smallest absolute Gasteiger partial charge is 0.241 e. The van der Waals surface area contributed by atoms with Gasteiger partial charge in [-0.1, -0.05) is 0 Å². The molecule has 142 valence electrons. The van der Waals surface area contributed by atoms with Crippen LogP contribution in [0.25, 0.3) is 0 Å². The molecule has 0 saturated carbocycles. The summed E-state index contributed by atoms with van der Waals surface area (Å²) >= 11 is 0. The van der Waals surface area contributed by atoms with Gasteiger partial charge in [-0.15, -0.1) is 0 Å². The molecule has 1 atom stereocenters. The number of benzene rings is 1. The van der Waals surface area contributed by atoms with Crippen molar-refractivity contribution in [1.82, 2.24) is 19.5 Å². The van der Waals surface area contributed by atoms with Crippen LogP contribution < -0.4 is 9.46 Å². The molecule has 0 spiro atoms. The number of nitrogens with one attached hydrogen (secondary N) is 1. The molecule has 0 saturated heterocycles. The number of furan rings is 1. The van der Waals surface area contributed by atoms with Gasteiger partial charge in [0.25, 0.3) is 0 Å². The number of nitrogens with zero attached hydrogens (tertiary/aromatic N) is 3. The third kappa shape index (κ3) is 3.74. The van der Waals surface area contributed by atoms with E-state index in [4.69, 9.17) is 9.15 Å². The highest BCUT2D eigenvalue weighted by molar-refractivity contribution is 7.89. The van der Waals surface area contributed by atoms with Gasteiger partial charge in [-0.3, -0.25) is 4.68 Å². The average molecular weight is 388 g/mol. The van der Waals surface area contributed by atoms with Crippen LogP contribution in [0, 0.1) is 0 Å². The molecular weight excluding hydrogens is 368 g/mol. The van der Waals surface area contributed by atoms with Crippen molar-refractivity contribution in [1.29, 1.82) is 0 Å². The molecule has 1 aromatic carbocycles. The lowest BCUT2D eigenvalue weighted by atomic mass is 9.94. The molecule has 0 radical (unpaired) electrons. The quantitative estimate of drug-likeness (QED) is 0.696. The minimum Gasteiger partial charge on any atom is -0.486 e. The zero-order chi connectivity index (χ0) is 18.9. The number of hydrogen-bond acceptors (Lipinski definition) is 6. The largest absolute Gasteiger partial charge is 0.486 e. The number of rotatable bonds is 6. The van der Waals surface area contributed by atoms with Gasteiger partial charge in [0, 0.05) is 19.0 Å². The fourth-order valence-corrected chi connectivity index (χ4v) is 4.43. The number of fused-ring (bicyclic) bond motifs is 1. The molecule has 1 aliphatic carbocycles. The van der Waals surface area contributed by atoms with Crippen molar-refractivity contribution in [2.75, 3.05) is 0 Å². The third-order valence-electron chi connectivity index (χ3n) is 4.66. The van der Waals surface area contributed by atoms with Gasteiger partial charge >= 0.3 is 0 Å². The van der Waals surface area contributed by atoms with Crippen LogP contribution in [0.2, 0.25) is 0 Å². The van der Waals surface area contributed by atoms with E-state index in [1.54, 1.807) is 30.1 Å². The van der Waals surface area contributed by atoms with Crippen molar-refractivity contribution >= 4 is 10.0 Å². The third-order valence-corrected chi connectivity index (χ3v) is 6.14. The van der Waals surface area contributed by atoms with Crippen LogP contribution in [0.1, 0.15) is 36.0 Å². The monoisotopic (exact) mass is 388 g/mol. The Balaban J connectivity index is 1.44. The molecule has 1 N–H and O–H groups in total. The van der Waals surface area contributed by atoms with Crippen LogP contribution in [0.15, 0.2) is 52.2 Å². The highest BCUT2D eigenvalue weighted by atomic mass is 32.2. The van der Waals surface area contributed by atoms with E-state index in [2.05, 4.69) is 14.8 Å². The van der Waals surface area contributed by atoms with E-state index in [1.165, 1.54) is 18.5 Å². The van der Waals surface area contributed by atoms with E-state index in [-0.39, 0.29) is 17.5 Å². The summed E-state index contributed by atoms with van der Waals surface area (Å²) in [6.45, 7) is 0.256. The molecule has 0 aliphatic heterocycles. The maximum Gasteiger partial charge on any atom is 0.241 e. The molecule has 2 heterocycles. The maximum absolute atomic E-state index is 12.7. The zero-order valence-corrected chi connectivity index (χ0v) is 15.6. The van der Waals surface area contributed by atoms with Crippen molar-refractivity contribution < 1.29 is 17.6 Å². The predicted molar refractivity (Wildman–Crippen MR) is 96.5 cm³/mol. The van der Waals surface area contributed by atoms with Crippen LogP contribution in [-0.2, 0) is 30.1 Å². The lowest BCUT2D eigenvalue weighted by Crippen LogP contribution is -2.30. The molecule has 0 bridgehead atoms. The van der Waals surface area contributed by atoms with E-state index >= 15 is 0 Å². The summed E-state index contributed by atoms with van der Waals surface area (Å²) in [5, 5.41) is 3.97. The van der Waals surface area contributed by atoms with E-state index < -0.39 is 10.0 Å². The van der Waals surface area contributed by atoms with E-state index in [0.29, 0.717) is 11.6 Å². The second-order valence-electron chi connectivity index (χ2n) is 6.43. The molecule has 0 fully saturated rings. The van der Waals surface area contributed by atoms with Crippen LogP contribution in [0.5, 0.6) is 5.75 Å². The fraction of sp³-hybridized carbons (Fsp3) is 0.333. The fourth-order valence-electron chi connectivity index (χ4n) is 3.18. The Labute approximate surface area is 157 Å². The number of aryl methyl sites for hydroxylation is 2. The summed E-state index contributed by atoms with van der Waals surface area (Å²) in [4.78, 5) is 4.28. The highest BCUT2D eigenvalue weighted by Gasteiger charge is 2.27. The first kappa shape index (κ1) is 17.7. The molecule has 3 aromatic rings. The SMILES string of the molecule is Cn1ncnc1COc1ccc(S(=O)(=O)NC2CCCc3occc32)cc1. The molecular formula is C18H20N4O4S. The first-order valence-corrected chi connectivity index (χ1v) is 10.2. The molecule has 1 unspecified atom stereocenters. The van der Waals surface area contributed by atoms with Gasteiger partial charge in [-0.05, 0) is 43.2 Å². The molecule has 4 rings (SSSR count). The normalized spacial score (nSPS) is 16.9. The summed E-state index contributed by atoms with van der Waals surface area (Å²) < 4.78 is 40.9. The van der Waals surface area contributed by atoms with Gasteiger partial charge in [-0.25, -0.2) is 18.1 Å². The summed E-state index contributed by atoms with van der Waals surface area (Å²) in [6.07, 6.45) is 5.56. The lowest BCUT2D eigenvalue weighted by Gasteiger charge is -2.22. The number of aromatic nitrogens is 3. The van der Waals surface area contributed by atoms with Gasteiger partial charge in [0.05, 0.1) is 17.2 Å². The second kappa shape index (κ2) is 7.16. The van der Waals surface area contributed by atoms with E-state index in [9.17, 15) is 8.42 Å². The molecule has 9 heteroatoms. The summed E-state index contributed by atoms with van der Waals surface area (Å²) in [5.41, 5.74) is 0.924. The first-order valence-electron chi connectivity index (χ1n) is 8.67. The van der Waals surface area contributed by atoms with Crippen molar-refractivity contribution in [3.63, 3.8) is 0 Å². The molecule has 8 nitrogen and oxygen atoms in total. The van der Waals surface area contributed by atoms with E-state index in [1.807, 2.05) is 6.07 Å². The minimum absolute atomic E-state index is 0.198. The average Bonchev–Trinajstić information content (AvgIpc) is 3.29. The minimum atomic E-state index is -3.64. The molecule has 0 amide bonds. The Bertz CT molecular complexity index is 1020. The Morgan fingerprint density at radius 2 is 2.11 bits per heavy atom. The summed E-state index contributed by atoms with van der Waals surface area (Å²) in [6, 6.07) is 7.92. The Morgan fingerprint density at radius 1 is 1.30 bits per heavy atom. The van der Waals surface area contributed by atoms with Crippen molar-refractivity contribution in [3.05, 3.63) is 60.1 Å². The molecule has 27 heavy (non-hydrogen) atoms. The van der Waals surface area contributed by atoms with Crippen molar-refractivity contribution in [2.24, 2.45) is 7.05 Å². The molecule has 1 aliphatic rings.